The quantitative estimate of drug-likeness (QED) is 0.445. The summed E-state index contributed by atoms with van der Waals surface area (Å²) in [5.74, 6) is -0.593. The first kappa shape index (κ1) is 18.0. The molecular weight excluding hydrogens is 383 g/mol. The van der Waals surface area contributed by atoms with E-state index in [0.29, 0.717) is 0 Å². The van der Waals surface area contributed by atoms with Crippen LogP contribution in [0, 0.1) is 0 Å². The van der Waals surface area contributed by atoms with Gasteiger partial charge in [-0.1, -0.05) is 59.1 Å². The van der Waals surface area contributed by atoms with Crippen molar-refractivity contribution in [3.05, 3.63) is 56.3 Å². The molecule has 1 aromatic carbocycles. The highest BCUT2D eigenvalue weighted by atomic mass is 35.5. The van der Waals surface area contributed by atoms with Gasteiger partial charge in [0.2, 0.25) is 0 Å². The molecule has 0 radical (unpaired) electrons. The van der Waals surface area contributed by atoms with Gasteiger partial charge in [0.1, 0.15) is 5.02 Å². The Morgan fingerprint density at radius 2 is 1.84 bits per heavy atom. The van der Waals surface area contributed by atoms with Crippen molar-refractivity contribution in [1.82, 2.24) is 10.4 Å². The van der Waals surface area contributed by atoms with E-state index in [0.717, 1.165) is 37.0 Å². The minimum Gasteiger partial charge on any atom is -0.396 e. The topological polar surface area (TPSA) is 80.4 Å². The second kappa shape index (κ2) is 7.60. The summed E-state index contributed by atoms with van der Waals surface area (Å²) in [5.41, 5.74) is 11.2. The summed E-state index contributed by atoms with van der Waals surface area (Å²) in [7, 11) is 0. The summed E-state index contributed by atoms with van der Waals surface area (Å²) in [5, 5.41) is 4.18. The second-order valence-corrected chi connectivity index (χ2v) is 6.77. The molecule has 1 heterocycles. The molecule has 5 nitrogen and oxygen atoms in total. The molecular formula is C17H15Cl3N4O. The Bertz CT molecular complexity index is 867. The number of halogens is 3. The SMILES string of the molecule is Nc1c(Cl)c(Cl)nc(C(=O)N/N=C2/CCCCc3ccccc32)c1Cl. The van der Waals surface area contributed by atoms with E-state index in [4.69, 9.17) is 40.5 Å². The number of aromatic nitrogens is 1. The third-order valence-electron chi connectivity index (χ3n) is 4.02. The van der Waals surface area contributed by atoms with Crippen molar-refractivity contribution in [1.29, 1.82) is 0 Å². The molecule has 8 heteroatoms. The van der Waals surface area contributed by atoms with Crippen molar-refractivity contribution in [3.8, 4) is 0 Å². The number of anilines is 1. The molecule has 0 atom stereocenters. The Kier molecular flexibility index (Phi) is 5.47. The third kappa shape index (κ3) is 3.73. The van der Waals surface area contributed by atoms with Crippen LogP contribution in [0.1, 0.15) is 40.9 Å². The molecule has 25 heavy (non-hydrogen) atoms. The molecule has 1 aliphatic carbocycles. The molecule has 0 bridgehead atoms. The molecule has 0 saturated heterocycles. The van der Waals surface area contributed by atoms with Crippen LogP contribution in [0.2, 0.25) is 15.2 Å². The molecule has 0 aliphatic heterocycles. The van der Waals surface area contributed by atoms with Crippen molar-refractivity contribution < 1.29 is 4.79 Å². The standard InChI is InChI=1S/C17H15Cl3N4O/c18-12-14(21)13(19)16(20)22-15(12)17(25)24-23-11-8-4-2-6-9-5-1-3-7-10(9)11/h1,3,5,7H,2,4,6,8H2,(H2,21,22)(H,24,25)/b23-11-. The number of carbonyl (C=O) groups excluding carboxylic acids is 1. The van der Waals surface area contributed by atoms with Gasteiger partial charge >= 0.3 is 0 Å². The Morgan fingerprint density at radius 1 is 1.12 bits per heavy atom. The van der Waals surface area contributed by atoms with Crippen LogP contribution >= 0.6 is 34.8 Å². The number of pyridine rings is 1. The van der Waals surface area contributed by atoms with Gasteiger partial charge in [0.25, 0.3) is 5.91 Å². The van der Waals surface area contributed by atoms with E-state index in [1.54, 1.807) is 0 Å². The van der Waals surface area contributed by atoms with E-state index in [9.17, 15) is 4.79 Å². The maximum absolute atomic E-state index is 12.4. The van der Waals surface area contributed by atoms with Gasteiger partial charge in [0.15, 0.2) is 10.8 Å². The lowest BCUT2D eigenvalue weighted by molar-refractivity contribution is 0.0950. The predicted octanol–water partition coefficient (Wildman–Crippen LogP) is 4.48. The van der Waals surface area contributed by atoms with E-state index in [-0.39, 0.29) is 26.6 Å². The molecule has 0 unspecified atom stereocenters. The van der Waals surface area contributed by atoms with Crippen LogP contribution in [0.3, 0.4) is 0 Å². The number of amides is 1. The van der Waals surface area contributed by atoms with Gasteiger partial charge in [0, 0.05) is 5.56 Å². The predicted molar refractivity (Wildman–Crippen MR) is 102 cm³/mol. The van der Waals surface area contributed by atoms with E-state index in [1.807, 2.05) is 18.2 Å². The summed E-state index contributed by atoms with van der Waals surface area (Å²) in [4.78, 5) is 16.3. The van der Waals surface area contributed by atoms with Gasteiger partial charge in [-0.3, -0.25) is 4.79 Å². The first-order valence-corrected chi connectivity index (χ1v) is 8.87. The summed E-state index contributed by atoms with van der Waals surface area (Å²) < 4.78 is 0. The highest BCUT2D eigenvalue weighted by Crippen LogP contribution is 2.34. The normalized spacial score (nSPS) is 15.6. The van der Waals surface area contributed by atoms with Crippen molar-refractivity contribution >= 4 is 52.1 Å². The van der Waals surface area contributed by atoms with Gasteiger partial charge in [-0.05, 0) is 31.2 Å². The largest absolute Gasteiger partial charge is 0.396 e. The zero-order chi connectivity index (χ0) is 18.0. The van der Waals surface area contributed by atoms with Gasteiger partial charge in [-0.25, -0.2) is 10.4 Å². The fraction of sp³-hybridized carbons (Fsp3) is 0.235. The van der Waals surface area contributed by atoms with Gasteiger partial charge in [-0.15, -0.1) is 0 Å². The number of hydrazone groups is 1. The lowest BCUT2D eigenvalue weighted by Crippen LogP contribution is -2.22. The van der Waals surface area contributed by atoms with Crippen LogP contribution in [0.4, 0.5) is 5.69 Å². The van der Waals surface area contributed by atoms with Crippen molar-refractivity contribution in [3.63, 3.8) is 0 Å². The Labute approximate surface area is 160 Å². The Hall–Kier alpha value is -1.82. The molecule has 3 rings (SSSR count). The molecule has 1 amide bonds. The number of carbonyl (C=O) groups is 1. The summed E-state index contributed by atoms with van der Waals surface area (Å²) in [6.45, 7) is 0. The fourth-order valence-corrected chi connectivity index (χ4v) is 3.33. The lowest BCUT2D eigenvalue weighted by Gasteiger charge is -2.10. The van der Waals surface area contributed by atoms with Gasteiger partial charge < -0.3 is 5.73 Å². The maximum Gasteiger partial charge on any atom is 0.291 e. The molecule has 2 aromatic rings. The zero-order valence-corrected chi connectivity index (χ0v) is 15.4. The molecule has 3 N–H and O–H groups in total. The minimum absolute atomic E-state index is 0.0148. The Morgan fingerprint density at radius 3 is 2.64 bits per heavy atom. The number of nitrogens with one attached hydrogen (secondary N) is 1. The minimum atomic E-state index is -0.593. The molecule has 0 saturated carbocycles. The van der Waals surface area contributed by atoms with Crippen molar-refractivity contribution in [2.24, 2.45) is 5.10 Å². The van der Waals surface area contributed by atoms with Crippen LogP contribution in [0.5, 0.6) is 0 Å². The van der Waals surface area contributed by atoms with Crippen LogP contribution < -0.4 is 11.2 Å². The molecule has 130 valence electrons. The van der Waals surface area contributed by atoms with E-state index >= 15 is 0 Å². The van der Waals surface area contributed by atoms with Crippen LogP contribution in [-0.2, 0) is 6.42 Å². The first-order chi connectivity index (χ1) is 12.0. The smallest absolute Gasteiger partial charge is 0.291 e. The number of nitrogens with two attached hydrogens (primary N) is 1. The molecule has 0 spiro atoms. The van der Waals surface area contributed by atoms with Crippen LogP contribution in [-0.4, -0.2) is 16.6 Å². The highest BCUT2D eigenvalue weighted by Gasteiger charge is 2.20. The summed E-state index contributed by atoms with van der Waals surface area (Å²) >= 11 is 17.8. The summed E-state index contributed by atoms with van der Waals surface area (Å²) in [6.07, 6.45) is 3.87. The van der Waals surface area contributed by atoms with Gasteiger partial charge in [0.05, 0.1) is 16.4 Å². The monoisotopic (exact) mass is 396 g/mol. The average Bonchev–Trinajstić information content (AvgIpc) is 2.83. The van der Waals surface area contributed by atoms with Crippen molar-refractivity contribution in [2.75, 3.05) is 5.73 Å². The number of hydrogen-bond acceptors (Lipinski definition) is 4. The van der Waals surface area contributed by atoms with E-state index in [1.165, 1.54) is 5.56 Å². The lowest BCUT2D eigenvalue weighted by atomic mass is 10.0. The van der Waals surface area contributed by atoms with Gasteiger partial charge in [-0.2, -0.15) is 5.10 Å². The zero-order valence-electron chi connectivity index (χ0n) is 13.2. The van der Waals surface area contributed by atoms with Crippen LogP contribution in [0.25, 0.3) is 0 Å². The number of hydrogen-bond donors (Lipinski definition) is 2. The number of nitrogen functional groups attached to an aromatic ring is 1. The number of rotatable bonds is 2. The molecule has 1 aromatic heterocycles. The first-order valence-electron chi connectivity index (χ1n) is 7.74. The van der Waals surface area contributed by atoms with E-state index in [2.05, 4.69) is 21.6 Å². The number of aryl methyl sites for hydroxylation is 1. The highest BCUT2D eigenvalue weighted by molar-refractivity contribution is 6.46. The number of benzene rings is 1. The summed E-state index contributed by atoms with van der Waals surface area (Å²) in [6, 6.07) is 8.05. The molecule has 1 aliphatic rings. The third-order valence-corrected chi connectivity index (χ3v) is 5.15. The van der Waals surface area contributed by atoms with Crippen molar-refractivity contribution in [2.45, 2.75) is 25.7 Å². The second-order valence-electron chi connectivity index (χ2n) is 5.66. The fourth-order valence-electron chi connectivity index (χ4n) is 2.73. The number of nitrogens with zero attached hydrogens (tertiary/aromatic N) is 2. The number of fused-ring (bicyclic) bond motifs is 1. The van der Waals surface area contributed by atoms with E-state index < -0.39 is 5.91 Å². The maximum atomic E-state index is 12.4. The molecule has 0 fully saturated rings. The average molecular weight is 398 g/mol. The Balaban J connectivity index is 1.89. The van der Waals surface area contributed by atoms with Crippen LogP contribution in [0.15, 0.2) is 29.4 Å².